The summed E-state index contributed by atoms with van der Waals surface area (Å²) in [5.41, 5.74) is 3.32. The predicted octanol–water partition coefficient (Wildman–Crippen LogP) is 5.18. The Bertz CT molecular complexity index is 1250. The van der Waals surface area contributed by atoms with Gasteiger partial charge < -0.3 is 19.5 Å². The fourth-order valence-electron chi connectivity index (χ4n) is 3.47. The minimum Gasteiger partial charge on any atom is -0.496 e. The number of fused-ring (bicyclic) bond motifs is 1. The molecule has 6 nitrogen and oxygen atoms in total. The van der Waals surface area contributed by atoms with Gasteiger partial charge in [-0.15, -0.1) is 0 Å². The molecule has 0 saturated carbocycles. The number of methoxy groups -OCH3 is 3. The molecule has 3 aromatic carbocycles. The number of benzene rings is 3. The zero-order valence-corrected chi connectivity index (χ0v) is 17.5. The van der Waals surface area contributed by atoms with Crippen LogP contribution in [0.5, 0.6) is 17.2 Å². The van der Waals surface area contributed by atoms with Crippen LogP contribution in [0.1, 0.15) is 10.4 Å². The van der Waals surface area contributed by atoms with Gasteiger partial charge in [0.15, 0.2) is 11.5 Å². The number of nitrogens with one attached hydrogen (secondary N) is 1. The van der Waals surface area contributed by atoms with E-state index < -0.39 is 0 Å². The molecule has 0 spiro atoms. The second kappa shape index (κ2) is 8.75. The second-order valence-electron chi connectivity index (χ2n) is 6.80. The van der Waals surface area contributed by atoms with Crippen molar-refractivity contribution >= 4 is 22.5 Å². The van der Waals surface area contributed by atoms with Crippen molar-refractivity contribution in [2.75, 3.05) is 26.6 Å². The Kier molecular flexibility index (Phi) is 5.71. The molecule has 0 bridgehead atoms. The van der Waals surface area contributed by atoms with Crippen LogP contribution in [0.15, 0.2) is 72.8 Å². The zero-order chi connectivity index (χ0) is 21.8. The number of para-hydroxylation sites is 2. The first-order chi connectivity index (χ1) is 15.1. The Hall–Kier alpha value is -4.06. The first-order valence-electron chi connectivity index (χ1n) is 9.71. The van der Waals surface area contributed by atoms with Gasteiger partial charge in [-0.2, -0.15) is 0 Å². The van der Waals surface area contributed by atoms with Gasteiger partial charge in [0.2, 0.25) is 0 Å². The molecule has 6 heteroatoms. The quantitative estimate of drug-likeness (QED) is 0.471. The number of rotatable bonds is 6. The molecule has 0 atom stereocenters. The van der Waals surface area contributed by atoms with Crippen LogP contribution in [-0.4, -0.2) is 32.2 Å². The van der Waals surface area contributed by atoms with Gasteiger partial charge in [0.1, 0.15) is 5.75 Å². The second-order valence-corrected chi connectivity index (χ2v) is 6.80. The van der Waals surface area contributed by atoms with Crippen LogP contribution < -0.4 is 19.5 Å². The summed E-state index contributed by atoms with van der Waals surface area (Å²) in [6.45, 7) is 0. The lowest BCUT2D eigenvalue weighted by molar-refractivity contribution is 0.102. The van der Waals surface area contributed by atoms with E-state index in [1.165, 1.54) is 0 Å². The molecule has 0 aliphatic rings. The largest absolute Gasteiger partial charge is 0.496 e. The molecule has 0 aliphatic carbocycles. The summed E-state index contributed by atoms with van der Waals surface area (Å²) >= 11 is 0. The van der Waals surface area contributed by atoms with Gasteiger partial charge >= 0.3 is 0 Å². The Labute approximate surface area is 180 Å². The van der Waals surface area contributed by atoms with Crippen LogP contribution >= 0.6 is 0 Å². The highest BCUT2D eigenvalue weighted by Gasteiger charge is 2.16. The van der Waals surface area contributed by atoms with Crippen molar-refractivity contribution < 1.29 is 19.0 Å². The van der Waals surface area contributed by atoms with Crippen molar-refractivity contribution in [3.05, 3.63) is 78.4 Å². The first kappa shape index (κ1) is 20.2. The third-order valence-corrected chi connectivity index (χ3v) is 4.99. The molecule has 0 saturated heterocycles. The van der Waals surface area contributed by atoms with E-state index in [2.05, 4.69) is 5.32 Å². The van der Waals surface area contributed by atoms with Crippen molar-refractivity contribution in [3.63, 3.8) is 0 Å². The van der Waals surface area contributed by atoms with Crippen molar-refractivity contribution in [1.29, 1.82) is 0 Å². The summed E-state index contributed by atoms with van der Waals surface area (Å²) in [5, 5.41) is 3.71. The molecule has 0 aliphatic heterocycles. The molecule has 31 heavy (non-hydrogen) atoms. The normalized spacial score (nSPS) is 10.5. The number of aromatic nitrogens is 1. The number of amides is 1. The Morgan fingerprint density at radius 2 is 1.48 bits per heavy atom. The fraction of sp³-hybridized carbons (Fsp3) is 0.120. The van der Waals surface area contributed by atoms with Crippen LogP contribution in [0.3, 0.4) is 0 Å². The molecule has 1 N–H and O–H groups in total. The summed E-state index contributed by atoms with van der Waals surface area (Å²) in [6.07, 6.45) is 0. The number of carbonyl (C=O) groups excluding carboxylic acids is 1. The highest BCUT2D eigenvalue weighted by molar-refractivity contribution is 6.13. The summed E-state index contributed by atoms with van der Waals surface area (Å²) in [6, 6.07) is 22.2. The van der Waals surface area contributed by atoms with Gasteiger partial charge in [0.05, 0.1) is 38.1 Å². The van der Waals surface area contributed by atoms with Crippen LogP contribution in [-0.2, 0) is 0 Å². The van der Waals surface area contributed by atoms with Crippen molar-refractivity contribution in [1.82, 2.24) is 4.98 Å². The minimum absolute atomic E-state index is 0.248. The van der Waals surface area contributed by atoms with Crippen LogP contribution in [0.2, 0.25) is 0 Å². The summed E-state index contributed by atoms with van der Waals surface area (Å²) in [7, 11) is 4.74. The van der Waals surface area contributed by atoms with E-state index in [1.54, 1.807) is 45.6 Å². The molecule has 156 valence electrons. The monoisotopic (exact) mass is 414 g/mol. The number of ether oxygens (including phenoxy) is 3. The number of hydrogen-bond acceptors (Lipinski definition) is 5. The number of anilines is 1. The van der Waals surface area contributed by atoms with Crippen LogP contribution in [0.4, 0.5) is 5.69 Å². The van der Waals surface area contributed by atoms with Crippen molar-refractivity contribution in [2.24, 2.45) is 0 Å². The fourth-order valence-corrected chi connectivity index (χ4v) is 3.47. The molecule has 1 amide bonds. The summed E-state index contributed by atoms with van der Waals surface area (Å²) in [4.78, 5) is 18.0. The smallest absolute Gasteiger partial charge is 0.256 e. The Morgan fingerprint density at radius 3 is 2.26 bits per heavy atom. The van der Waals surface area contributed by atoms with Crippen molar-refractivity contribution in [2.45, 2.75) is 0 Å². The lowest BCUT2D eigenvalue weighted by atomic mass is 10.0. The van der Waals surface area contributed by atoms with Gasteiger partial charge in [0, 0.05) is 22.7 Å². The average molecular weight is 414 g/mol. The molecule has 1 aromatic heterocycles. The first-order valence-corrected chi connectivity index (χ1v) is 9.71. The van der Waals surface area contributed by atoms with Gasteiger partial charge in [-0.05, 0) is 36.4 Å². The average Bonchev–Trinajstić information content (AvgIpc) is 2.83. The van der Waals surface area contributed by atoms with E-state index >= 15 is 0 Å². The molecule has 4 aromatic rings. The van der Waals surface area contributed by atoms with Crippen LogP contribution in [0.25, 0.3) is 22.2 Å². The molecule has 4 rings (SSSR count). The lowest BCUT2D eigenvalue weighted by Gasteiger charge is -2.13. The topological polar surface area (TPSA) is 69.7 Å². The summed E-state index contributed by atoms with van der Waals surface area (Å²) in [5.74, 6) is 1.57. The van der Waals surface area contributed by atoms with E-state index in [1.807, 2.05) is 48.5 Å². The SMILES string of the molecule is COc1ccc(NC(=O)c2cc(-c3ccccc3OC)nc3ccccc23)cc1OC. The van der Waals surface area contributed by atoms with E-state index in [4.69, 9.17) is 19.2 Å². The van der Waals surface area contributed by atoms with Gasteiger partial charge in [-0.1, -0.05) is 30.3 Å². The molecule has 1 heterocycles. The maximum Gasteiger partial charge on any atom is 0.256 e. The lowest BCUT2D eigenvalue weighted by Crippen LogP contribution is -2.13. The van der Waals surface area contributed by atoms with E-state index in [-0.39, 0.29) is 5.91 Å². The highest BCUT2D eigenvalue weighted by atomic mass is 16.5. The maximum absolute atomic E-state index is 13.3. The molecule has 0 fully saturated rings. The van der Waals surface area contributed by atoms with E-state index in [0.29, 0.717) is 34.2 Å². The Balaban J connectivity index is 1.78. The standard InChI is InChI=1S/C25H22N2O4/c1-29-22-11-7-5-9-18(22)21-15-19(17-8-4-6-10-20(17)27-21)25(28)26-16-12-13-23(30-2)24(14-16)31-3/h4-15H,1-3H3,(H,26,28). The molecular weight excluding hydrogens is 392 g/mol. The van der Waals surface area contributed by atoms with E-state index in [0.717, 1.165) is 16.5 Å². The molecular formula is C25H22N2O4. The Morgan fingerprint density at radius 1 is 0.774 bits per heavy atom. The zero-order valence-electron chi connectivity index (χ0n) is 17.5. The number of nitrogens with zero attached hydrogens (tertiary/aromatic N) is 1. The highest BCUT2D eigenvalue weighted by Crippen LogP contribution is 2.33. The number of hydrogen-bond donors (Lipinski definition) is 1. The number of carbonyl (C=O) groups is 1. The van der Waals surface area contributed by atoms with Crippen LogP contribution in [0, 0.1) is 0 Å². The van der Waals surface area contributed by atoms with Gasteiger partial charge in [-0.25, -0.2) is 4.98 Å². The number of pyridine rings is 1. The third kappa shape index (κ3) is 4.00. The minimum atomic E-state index is -0.248. The van der Waals surface area contributed by atoms with E-state index in [9.17, 15) is 4.79 Å². The molecule has 0 unspecified atom stereocenters. The van der Waals surface area contributed by atoms with Gasteiger partial charge in [0.25, 0.3) is 5.91 Å². The van der Waals surface area contributed by atoms with Crippen molar-refractivity contribution in [3.8, 4) is 28.5 Å². The predicted molar refractivity (Wildman–Crippen MR) is 121 cm³/mol. The third-order valence-electron chi connectivity index (χ3n) is 4.99. The molecule has 0 radical (unpaired) electrons. The summed E-state index contributed by atoms with van der Waals surface area (Å²) < 4.78 is 16.1. The van der Waals surface area contributed by atoms with Gasteiger partial charge in [-0.3, -0.25) is 4.79 Å². The maximum atomic E-state index is 13.3.